The Bertz CT molecular complexity index is 621. The number of nitrogens with zero attached hydrogens (tertiary/aromatic N) is 3. The van der Waals surface area contributed by atoms with Crippen molar-refractivity contribution in [3.8, 4) is 11.3 Å². The summed E-state index contributed by atoms with van der Waals surface area (Å²) in [5.41, 5.74) is 1.14. The highest BCUT2D eigenvalue weighted by Gasteiger charge is 2.16. The van der Waals surface area contributed by atoms with Crippen LogP contribution in [0.3, 0.4) is 0 Å². The second-order valence-electron chi connectivity index (χ2n) is 3.53. The maximum Gasteiger partial charge on any atom is 0.157 e. The van der Waals surface area contributed by atoms with Crippen molar-refractivity contribution in [1.82, 2.24) is 15.0 Å². The highest BCUT2D eigenvalue weighted by atomic mass is 35.5. The largest absolute Gasteiger partial charge is 0.390 e. The smallest absolute Gasteiger partial charge is 0.157 e. The molecule has 100 valence electrons. The van der Waals surface area contributed by atoms with Crippen molar-refractivity contribution in [2.75, 3.05) is 12.4 Å². The number of halogens is 3. The van der Waals surface area contributed by atoms with Gasteiger partial charge in [-0.3, -0.25) is 0 Å². The van der Waals surface area contributed by atoms with E-state index in [9.17, 15) is 0 Å². The van der Waals surface area contributed by atoms with Crippen molar-refractivity contribution in [3.63, 3.8) is 0 Å². The molecule has 0 amide bonds. The van der Waals surface area contributed by atoms with Crippen LogP contribution in [0, 0.1) is 0 Å². The van der Waals surface area contributed by atoms with E-state index in [1.54, 1.807) is 19.3 Å². The maximum atomic E-state index is 9.16. The van der Waals surface area contributed by atoms with Gasteiger partial charge in [-0.1, -0.05) is 34.8 Å². The molecule has 5 nitrogen and oxygen atoms in total. The van der Waals surface area contributed by atoms with Gasteiger partial charge in [0.1, 0.15) is 17.2 Å². The normalized spacial score (nSPS) is 10.6. The summed E-state index contributed by atoms with van der Waals surface area (Å²) in [5, 5.41) is 12.6. The van der Waals surface area contributed by atoms with Gasteiger partial charge < -0.3 is 10.4 Å². The Hall–Kier alpha value is -1.14. The Balaban J connectivity index is 2.65. The van der Waals surface area contributed by atoms with Crippen LogP contribution in [0.4, 0.5) is 5.82 Å². The Morgan fingerprint density at radius 3 is 2.58 bits per heavy atom. The second-order valence-corrected chi connectivity index (χ2v) is 4.62. The van der Waals surface area contributed by atoms with E-state index in [2.05, 4.69) is 20.3 Å². The summed E-state index contributed by atoms with van der Waals surface area (Å²) in [7, 11) is 1.70. The number of aliphatic hydroxyl groups is 1. The van der Waals surface area contributed by atoms with Gasteiger partial charge >= 0.3 is 0 Å². The summed E-state index contributed by atoms with van der Waals surface area (Å²) in [5.74, 6) is 0.498. The van der Waals surface area contributed by atoms with Crippen LogP contribution in [0.5, 0.6) is 0 Å². The molecular formula is C11H9Cl3N4O. The lowest BCUT2D eigenvalue weighted by Crippen LogP contribution is -2.00. The monoisotopic (exact) mass is 318 g/mol. The van der Waals surface area contributed by atoms with Gasteiger partial charge in [0.05, 0.1) is 11.6 Å². The highest BCUT2D eigenvalue weighted by Crippen LogP contribution is 2.35. The lowest BCUT2D eigenvalue weighted by atomic mass is 10.2. The molecule has 0 aliphatic carbocycles. The fourth-order valence-corrected chi connectivity index (χ4v) is 2.26. The zero-order chi connectivity index (χ0) is 14.0. The van der Waals surface area contributed by atoms with Crippen molar-refractivity contribution in [3.05, 3.63) is 33.3 Å². The van der Waals surface area contributed by atoms with Gasteiger partial charge in [-0.15, -0.1) is 0 Å². The predicted molar refractivity (Wildman–Crippen MR) is 75.8 cm³/mol. The minimum atomic E-state index is -0.336. The Kier molecular flexibility index (Phi) is 4.42. The number of hydrogen-bond donors (Lipinski definition) is 2. The first-order valence-corrected chi connectivity index (χ1v) is 6.37. The van der Waals surface area contributed by atoms with Crippen LogP contribution in [0.15, 0.2) is 12.3 Å². The Morgan fingerprint density at radius 1 is 1.21 bits per heavy atom. The minimum absolute atomic E-state index is 0.0651. The fraction of sp³-hybridized carbons (Fsp3) is 0.182. The molecule has 2 aromatic heterocycles. The Morgan fingerprint density at radius 2 is 1.95 bits per heavy atom. The average molecular weight is 320 g/mol. The van der Waals surface area contributed by atoms with E-state index < -0.39 is 0 Å². The van der Waals surface area contributed by atoms with E-state index in [1.807, 2.05) is 0 Å². The van der Waals surface area contributed by atoms with Gasteiger partial charge in [-0.2, -0.15) is 0 Å². The van der Waals surface area contributed by atoms with E-state index in [1.165, 1.54) is 0 Å². The molecule has 2 N–H and O–H groups in total. The van der Waals surface area contributed by atoms with Gasteiger partial charge in [-0.25, -0.2) is 15.0 Å². The van der Waals surface area contributed by atoms with Gasteiger partial charge in [0.2, 0.25) is 0 Å². The van der Waals surface area contributed by atoms with Crippen molar-refractivity contribution >= 4 is 40.6 Å². The molecule has 0 aromatic carbocycles. The molecule has 0 aliphatic heterocycles. The molecule has 2 heterocycles. The summed E-state index contributed by atoms with van der Waals surface area (Å²) in [6.45, 7) is -0.336. The van der Waals surface area contributed by atoms with Crippen LogP contribution in [0.2, 0.25) is 15.3 Å². The highest BCUT2D eigenvalue weighted by molar-refractivity contribution is 6.37. The zero-order valence-electron chi connectivity index (χ0n) is 9.78. The van der Waals surface area contributed by atoms with Gasteiger partial charge in [-0.05, 0) is 6.07 Å². The Labute approximate surface area is 124 Å². The molecule has 0 spiro atoms. The first kappa shape index (κ1) is 14.3. The topological polar surface area (TPSA) is 70.9 Å². The molecular weight excluding hydrogens is 311 g/mol. The molecule has 0 saturated carbocycles. The molecule has 0 fully saturated rings. The molecule has 0 unspecified atom stereocenters. The molecule has 8 heteroatoms. The standard InChI is InChI=1S/C11H9Cl3N4O/c1-15-11-7(12)5(2-3-16-11)8-10(14)18-9(13)6(4-19)17-8/h2-3,19H,4H2,1H3,(H,15,16). The third kappa shape index (κ3) is 2.74. The number of aromatic nitrogens is 3. The first-order chi connectivity index (χ1) is 9.08. The number of rotatable bonds is 3. The number of hydrogen-bond acceptors (Lipinski definition) is 5. The van der Waals surface area contributed by atoms with Gasteiger partial charge in [0.25, 0.3) is 0 Å². The van der Waals surface area contributed by atoms with Crippen LogP contribution in [0.25, 0.3) is 11.3 Å². The molecule has 0 radical (unpaired) electrons. The van der Waals surface area contributed by atoms with E-state index in [4.69, 9.17) is 39.9 Å². The van der Waals surface area contributed by atoms with Gasteiger partial charge in [0, 0.05) is 18.8 Å². The quantitative estimate of drug-likeness (QED) is 0.910. The SMILES string of the molecule is CNc1nccc(-c2nc(CO)c(Cl)nc2Cl)c1Cl. The summed E-state index contributed by atoms with van der Waals surface area (Å²) in [4.78, 5) is 12.2. The third-order valence-electron chi connectivity index (χ3n) is 2.41. The van der Waals surface area contributed by atoms with Crippen LogP contribution in [0.1, 0.15) is 5.69 Å². The van der Waals surface area contributed by atoms with Gasteiger partial charge in [0.15, 0.2) is 10.3 Å². The minimum Gasteiger partial charge on any atom is -0.390 e. The number of pyridine rings is 1. The van der Waals surface area contributed by atoms with E-state index >= 15 is 0 Å². The maximum absolute atomic E-state index is 9.16. The predicted octanol–water partition coefficient (Wildman–Crippen LogP) is 3.03. The van der Waals surface area contributed by atoms with E-state index in [0.717, 1.165) is 0 Å². The van der Waals surface area contributed by atoms with Crippen LogP contribution in [-0.2, 0) is 6.61 Å². The number of nitrogens with one attached hydrogen (secondary N) is 1. The first-order valence-electron chi connectivity index (χ1n) is 5.23. The van der Waals surface area contributed by atoms with Crippen LogP contribution < -0.4 is 5.32 Å². The van der Waals surface area contributed by atoms with Crippen LogP contribution in [-0.4, -0.2) is 27.1 Å². The molecule has 2 rings (SSSR count). The lowest BCUT2D eigenvalue weighted by molar-refractivity contribution is 0.276. The second kappa shape index (κ2) is 5.88. The molecule has 0 saturated heterocycles. The summed E-state index contributed by atoms with van der Waals surface area (Å²) < 4.78 is 0. The van der Waals surface area contributed by atoms with Crippen LogP contribution >= 0.6 is 34.8 Å². The van der Waals surface area contributed by atoms with E-state index in [-0.39, 0.29) is 22.6 Å². The number of anilines is 1. The van der Waals surface area contributed by atoms with Crippen molar-refractivity contribution in [2.45, 2.75) is 6.61 Å². The lowest BCUT2D eigenvalue weighted by Gasteiger charge is -2.10. The zero-order valence-corrected chi connectivity index (χ0v) is 12.1. The third-order valence-corrected chi connectivity index (χ3v) is 3.36. The molecule has 0 aliphatic rings. The summed E-state index contributed by atoms with van der Waals surface area (Å²) in [6.07, 6.45) is 1.57. The molecule has 19 heavy (non-hydrogen) atoms. The summed E-state index contributed by atoms with van der Waals surface area (Å²) in [6, 6.07) is 1.66. The van der Waals surface area contributed by atoms with E-state index in [0.29, 0.717) is 22.1 Å². The molecule has 0 atom stereocenters. The summed E-state index contributed by atoms with van der Waals surface area (Å²) >= 11 is 18.0. The van der Waals surface area contributed by atoms with Crippen molar-refractivity contribution in [1.29, 1.82) is 0 Å². The van der Waals surface area contributed by atoms with Crippen molar-refractivity contribution < 1.29 is 5.11 Å². The number of aliphatic hydroxyl groups excluding tert-OH is 1. The molecule has 2 aromatic rings. The average Bonchev–Trinajstić information content (AvgIpc) is 2.40. The van der Waals surface area contributed by atoms with Crippen molar-refractivity contribution in [2.24, 2.45) is 0 Å². The molecule has 0 bridgehead atoms. The fourth-order valence-electron chi connectivity index (χ4n) is 1.50.